The summed E-state index contributed by atoms with van der Waals surface area (Å²) in [5, 5.41) is 4.28. The molecular weight excluding hydrogens is 236 g/mol. The van der Waals surface area contributed by atoms with Gasteiger partial charge in [0.1, 0.15) is 12.2 Å². The number of hydrogen-bond acceptors (Lipinski definition) is 3. The van der Waals surface area contributed by atoms with Gasteiger partial charge in [-0.2, -0.15) is 5.10 Å². The van der Waals surface area contributed by atoms with E-state index >= 15 is 0 Å². The monoisotopic (exact) mass is 264 g/mol. The molecule has 0 amide bonds. The molecule has 0 aliphatic heterocycles. The van der Waals surface area contributed by atoms with Crippen molar-refractivity contribution in [3.05, 3.63) is 12.2 Å². The van der Waals surface area contributed by atoms with Gasteiger partial charge >= 0.3 is 0 Å². The summed E-state index contributed by atoms with van der Waals surface area (Å²) in [6, 6.07) is 0. The molecule has 0 aromatic carbocycles. The van der Waals surface area contributed by atoms with Crippen LogP contribution in [0, 0.1) is 17.8 Å². The lowest BCUT2D eigenvalue weighted by atomic mass is 9.71. The van der Waals surface area contributed by atoms with E-state index in [-0.39, 0.29) is 0 Å². The molecular formula is C15H28N4. The number of hydrogen-bond donors (Lipinski definition) is 1. The van der Waals surface area contributed by atoms with Gasteiger partial charge < -0.3 is 5.73 Å². The highest BCUT2D eigenvalue weighted by atomic mass is 15.3. The molecule has 0 bridgehead atoms. The topological polar surface area (TPSA) is 56.7 Å². The van der Waals surface area contributed by atoms with Crippen LogP contribution >= 0.6 is 0 Å². The van der Waals surface area contributed by atoms with Crippen LogP contribution in [0.5, 0.6) is 0 Å². The van der Waals surface area contributed by atoms with Crippen molar-refractivity contribution in [1.29, 1.82) is 0 Å². The van der Waals surface area contributed by atoms with E-state index in [2.05, 4.69) is 23.9 Å². The van der Waals surface area contributed by atoms with Gasteiger partial charge in [-0.15, -0.1) is 0 Å². The summed E-state index contributed by atoms with van der Waals surface area (Å²) in [5.74, 6) is 3.42. The van der Waals surface area contributed by atoms with E-state index in [0.29, 0.717) is 11.8 Å². The summed E-state index contributed by atoms with van der Waals surface area (Å²) in [4.78, 5) is 4.43. The third kappa shape index (κ3) is 3.56. The van der Waals surface area contributed by atoms with Gasteiger partial charge in [-0.1, -0.05) is 26.2 Å². The molecule has 1 fully saturated rings. The molecule has 1 aromatic heterocycles. The van der Waals surface area contributed by atoms with Crippen molar-refractivity contribution in [3.63, 3.8) is 0 Å². The minimum Gasteiger partial charge on any atom is -0.330 e. The van der Waals surface area contributed by atoms with Crippen LogP contribution in [0.25, 0.3) is 0 Å². The molecule has 3 unspecified atom stereocenters. The van der Waals surface area contributed by atoms with Gasteiger partial charge in [0, 0.05) is 13.0 Å². The van der Waals surface area contributed by atoms with Crippen molar-refractivity contribution in [2.45, 2.75) is 58.9 Å². The van der Waals surface area contributed by atoms with E-state index < -0.39 is 0 Å². The average molecular weight is 264 g/mol. The highest BCUT2D eigenvalue weighted by molar-refractivity contribution is 4.92. The minimum atomic E-state index is 0.676. The molecule has 1 aliphatic carbocycles. The molecule has 4 nitrogen and oxygen atoms in total. The summed E-state index contributed by atoms with van der Waals surface area (Å²) >= 11 is 0. The number of nitrogens with two attached hydrogens (primary N) is 1. The van der Waals surface area contributed by atoms with Gasteiger partial charge in [-0.05, 0) is 44.1 Å². The van der Waals surface area contributed by atoms with Crippen LogP contribution in [0.1, 0.15) is 51.8 Å². The van der Waals surface area contributed by atoms with Gasteiger partial charge in [-0.25, -0.2) is 4.98 Å². The Morgan fingerprint density at radius 3 is 2.84 bits per heavy atom. The Labute approximate surface area is 116 Å². The van der Waals surface area contributed by atoms with Gasteiger partial charge in [0.15, 0.2) is 0 Å². The Bertz CT molecular complexity index is 374. The summed E-state index contributed by atoms with van der Waals surface area (Å²) in [6.07, 6.45) is 9.40. The molecule has 4 heteroatoms. The highest BCUT2D eigenvalue weighted by Crippen LogP contribution is 2.37. The molecule has 0 saturated heterocycles. The van der Waals surface area contributed by atoms with Gasteiger partial charge in [0.25, 0.3) is 0 Å². The predicted molar refractivity (Wildman–Crippen MR) is 77.7 cm³/mol. The number of aryl methyl sites for hydroxylation is 1. The van der Waals surface area contributed by atoms with Crippen molar-refractivity contribution in [2.24, 2.45) is 23.5 Å². The summed E-state index contributed by atoms with van der Waals surface area (Å²) in [5.41, 5.74) is 5.97. The lowest BCUT2D eigenvalue weighted by molar-refractivity contribution is 0.172. The molecule has 1 heterocycles. The standard InChI is InChI=1S/C15H28N4/c1-3-5-12-6-7-13(10-16)14(8-12)9-15-17-11-18-19(15)4-2/h11-14H,3-10,16H2,1-2H3. The Morgan fingerprint density at radius 1 is 1.32 bits per heavy atom. The number of nitrogens with zero attached hydrogens (tertiary/aromatic N) is 3. The van der Waals surface area contributed by atoms with Gasteiger partial charge in [0.2, 0.25) is 0 Å². The van der Waals surface area contributed by atoms with Crippen molar-refractivity contribution in [1.82, 2.24) is 14.8 Å². The van der Waals surface area contributed by atoms with E-state index in [0.717, 1.165) is 31.3 Å². The molecule has 1 aromatic rings. The van der Waals surface area contributed by atoms with Crippen molar-refractivity contribution < 1.29 is 0 Å². The van der Waals surface area contributed by atoms with Crippen molar-refractivity contribution in [2.75, 3.05) is 6.54 Å². The number of rotatable bonds is 6. The van der Waals surface area contributed by atoms with Crippen LogP contribution in [-0.2, 0) is 13.0 Å². The second kappa shape index (κ2) is 7.04. The second-order valence-corrected chi connectivity index (χ2v) is 5.92. The maximum atomic E-state index is 5.97. The summed E-state index contributed by atoms with van der Waals surface area (Å²) < 4.78 is 2.02. The van der Waals surface area contributed by atoms with Crippen LogP contribution in [0.2, 0.25) is 0 Å². The lowest BCUT2D eigenvalue weighted by Crippen LogP contribution is -2.32. The van der Waals surface area contributed by atoms with Crippen molar-refractivity contribution in [3.8, 4) is 0 Å². The molecule has 1 saturated carbocycles. The largest absolute Gasteiger partial charge is 0.330 e. The van der Waals surface area contributed by atoms with E-state index in [4.69, 9.17) is 5.73 Å². The minimum absolute atomic E-state index is 0.676. The highest BCUT2D eigenvalue weighted by Gasteiger charge is 2.30. The van der Waals surface area contributed by atoms with Crippen LogP contribution < -0.4 is 5.73 Å². The molecule has 0 spiro atoms. The Hall–Kier alpha value is -0.900. The zero-order valence-electron chi connectivity index (χ0n) is 12.4. The summed E-state index contributed by atoms with van der Waals surface area (Å²) in [6.45, 7) is 6.15. The zero-order chi connectivity index (χ0) is 13.7. The first-order valence-corrected chi connectivity index (χ1v) is 7.85. The molecule has 3 atom stereocenters. The van der Waals surface area contributed by atoms with E-state index in [1.807, 2.05) is 4.68 Å². The quantitative estimate of drug-likeness (QED) is 0.859. The third-order valence-corrected chi connectivity index (χ3v) is 4.69. The normalized spacial score (nSPS) is 27.6. The number of aromatic nitrogens is 3. The first-order valence-electron chi connectivity index (χ1n) is 7.85. The lowest BCUT2D eigenvalue weighted by Gasteiger charge is -2.35. The van der Waals surface area contributed by atoms with Gasteiger partial charge in [-0.3, -0.25) is 4.68 Å². The SMILES string of the molecule is CCCC1CCC(CN)C(Cc2ncnn2CC)C1. The predicted octanol–water partition coefficient (Wildman–Crippen LogP) is 2.63. The fourth-order valence-corrected chi connectivity index (χ4v) is 3.60. The first-order chi connectivity index (χ1) is 9.28. The molecule has 0 radical (unpaired) electrons. The molecule has 19 heavy (non-hydrogen) atoms. The fourth-order valence-electron chi connectivity index (χ4n) is 3.60. The Balaban J connectivity index is 2.02. The van der Waals surface area contributed by atoms with Crippen LogP contribution in [0.3, 0.4) is 0 Å². The molecule has 2 N–H and O–H groups in total. The summed E-state index contributed by atoms with van der Waals surface area (Å²) in [7, 11) is 0. The molecule has 1 aliphatic rings. The third-order valence-electron chi connectivity index (χ3n) is 4.69. The second-order valence-electron chi connectivity index (χ2n) is 5.92. The molecule has 2 rings (SSSR count). The zero-order valence-corrected chi connectivity index (χ0v) is 12.4. The maximum absolute atomic E-state index is 5.97. The van der Waals surface area contributed by atoms with E-state index in [9.17, 15) is 0 Å². The van der Waals surface area contributed by atoms with Crippen molar-refractivity contribution >= 4 is 0 Å². The van der Waals surface area contributed by atoms with Crippen LogP contribution in [-0.4, -0.2) is 21.3 Å². The first kappa shape index (κ1) is 14.5. The fraction of sp³-hybridized carbons (Fsp3) is 0.867. The van der Waals surface area contributed by atoms with Crippen LogP contribution in [0.15, 0.2) is 6.33 Å². The van der Waals surface area contributed by atoms with E-state index in [1.54, 1.807) is 6.33 Å². The maximum Gasteiger partial charge on any atom is 0.138 e. The average Bonchev–Trinajstić information content (AvgIpc) is 2.87. The molecule has 108 valence electrons. The van der Waals surface area contributed by atoms with Crippen LogP contribution in [0.4, 0.5) is 0 Å². The van der Waals surface area contributed by atoms with E-state index in [1.165, 1.54) is 32.1 Å². The van der Waals surface area contributed by atoms with Gasteiger partial charge in [0.05, 0.1) is 0 Å². The Morgan fingerprint density at radius 2 is 2.16 bits per heavy atom. The Kier molecular flexibility index (Phi) is 5.37. The smallest absolute Gasteiger partial charge is 0.138 e.